The topological polar surface area (TPSA) is 102 Å². The highest BCUT2D eigenvalue weighted by atomic mass is 15.3. The van der Waals surface area contributed by atoms with Gasteiger partial charge in [0.25, 0.3) is 0 Å². The van der Waals surface area contributed by atoms with E-state index >= 15 is 0 Å². The number of rotatable bonds is 4. The molecule has 0 bridgehead atoms. The van der Waals surface area contributed by atoms with Gasteiger partial charge in [0.15, 0.2) is 0 Å². The Morgan fingerprint density at radius 2 is 1.83 bits per heavy atom. The molecule has 0 radical (unpaired) electrons. The third-order valence-corrected chi connectivity index (χ3v) is 2.49. The van der Waals surface area contributed by atoms with Gasteiger partial charge in [-0.25, -0.2) is 15.8 Å². The highest BCUT2D eigenvalue weighted by Gasteiger charge is 2.05. The number of hydrogen-bond donors (Lipinski definition) is 3. The molecule has 7 heteroatoms. The molecule has 0 aliphatic heterocycles. The maximum atomic E-state index is 5.35. The van der Waals surface area contributed by atoms with E-state index in [4.69, 9.17) is 5.84 Å². The van der Waals surface area contributed by atoms with Gasteiger partial charge < -0.3 is 10.7 Å². The molecule has 0 saturated heterocycles. The summed E-state index contributed by atoms with van der Waals surface area (Å²) in [6, 6.07) is 0. The summed E-state index contributed by atoms with van der Waals surface area (Å²) in [7, 11) is 0. The molecule has 2 aromatic rings. The first kappa shape index (κ1) is 12.2. The Bertz CT molecular complexity index is 523. The van der Waals surface area contributed by atoms with Gasteiger partial charge in [-0.05, 0) is 13.8 Å². The van der Waals surface area contributed by atoms with E-state index < -0.39 is 0 Å². The van der Waals surface area contributed by atoms with Gasteiger partial charge in [-0.15, -0.1) is 0 Å². The summed E-state index contributed by atoms with van der Waals surface area (Å²) < 4.78 is 0. The van der Waals surface area contributed by atoms with Crippen molar-refractivity contribution in [2.75, 3.05) is 10.7 Å². The maximum absolute atomic E-state index is 5.35. The Morgan fingerprint density at radius 3 is 2.50 bits per heavy atom. The highest BCUT2D eigenvalue weighted by molar-refractivity contribution is 5.55. The van der Waals surface area contributed by atoms with Crippen LogP contribution in [0.4, 0.5) is 11.6 Å². The lowest BCUT2D eigenvalue weighted by Gasteiger charge is -2.10. The number of nitrogens with zero attached hydrogens (tertiary/aromatic N) is 4. The molecule has 0 aliphatic rings. The lowest BCUT2D eigenvalue weighted by molar-refractivity contribution is 0.967. The number of aromatic nitrogens is 4. The summed E-state index contributed by atoms with van der Waals surface area (Å²) in [5.41, 5.74) is 5.13. The minimum absolute atomic E-state index is 0.551. The van der Waals surface area contributed by atoms with Crippen molar-refractivity contribution in [3.05, 3.63) is 35.7 Å². The van der Waals surface area contributed by atoms with Gasteiger partial charge in [-0.1, -0.05) is 0 Å². The molecule has 0 aliphatic carbocycles. The first-order chi connectivity index (χ1) is 8.70. The third kappa shape index (κ3) is 2.69. The second-order valence-electron chi connectivity index (χ2n) is 3.84. The number of nitrogens with two attached hydrogens (primary N) is 1. The smallest absolute Gasteiger partial charge is 0.148 e. The Balaban J connectivity index is 2.08. The minimum atomic E-state index is 0.551. The standard InChI is InChI=1S/C11H15N7/c1-7-3-14-9(4-13-7)5-15-10-8(2)11(18-12)17-6-16-10/h3-4,6H,5,12H2,1-2H3,(H2,15,16,17,18). The second-order valence-corrected chi connectivity index (χ2v) is 3.84. The molecule has 18 heavy (non-hydrogen) atoms. The molecule has 0 amide bonds. The number of hydrazine groups is 1. The normalized spacial score (nSPS) is 10.2. The Labute approximate surface area is 105 Å². The van der Waals surface area contributed by atoms with Crippen molar-refractivity contribution in [1.29, 1.82) is 0 Å². The molecule has 2 aromatic heterocycles. The fourth-order valence-electron chi connectivity index (χ4n) is 1.46. The van der Waals surface area contributed by atoms with Crippen LogP contribution in [-0.2, 0) is 6.54 Å². The van der Waals surface area contributed by atoms with E-state index in [2.05, 4.69) is 30.7 Å². The van der Waals surface area contributed by atoms with Crippen LogP contribution in [0.3, 0.4) is 0 Å². The Hall–Kier alpha value is -2.28. The van der Waals surface area contributed by atoms with Crippen molar-refractivity contribution in [3.63, 3.8) is 0 Å². The number of anilines is 2. The van der Waals surface area contributed by atoms with Gasteiger partial charge in [0.2, 0.25) is 0 Å². The first-order valence-electron chi connectivity index (χ1n) is 5.50. The average molecular weight is 245 g/mol. The van der Waals surface area contributed by atoms with Crippen LogP contribution in [0.2, 0.25) is 0 Å². The van der Waals surface area contributed by atoms with Crippen LogP contribution in [-0.4, -0.2) is 19.9 Å². The molecule has 0 fully saturated rings. The molecule has 0 spiro atoms. The number of hydrogen-bond acceptors (Lipinski definition) is 7. The average Bonchev–Trinajstić information content (AvgIpc) is 2.39. The molecular formula is C11H15N7. The van der Waals surface area contributed by atoms with Gasteiger partial charge in [-0.3, -0.25) is 9.97 Å². The van der Waals surface area contributed by atoms with E-state index in [0.717, 1.165) is 22.8 Å². The third-order valence-electron chi connectivity index (χ3n) is 2.49. The van der Waals surface area contributed by atoms with Gasteiger partial charge in [0.1, 0.15) is 18.0 Å². The van der Waals surface area contributed by atoms with Crippen LogP contribution in [0.5, 0.6) is 0 Å². The lowest BCUT2D eigenvalue weighted by Crippen LogP contribution is -2.13. The van der Waals surface area contributed by atoms with E-state index in [1.165, 1.54) is 6.33 Å². The number of aryl methyl sites for hydroxylation is 1. The van der Waals surface area contributed by atoms with Crippen molar-refractivity contribution >= 4 is 11.6 Å². The molecule has 0 saturated carbocycles. The summed E-state index contributed by atoms with van der Waals surface area (Å²) in [4.78, 5) is 16.6. The van der Waals surface area contributed by atoms with Crippen molar-refractivity contribution in [2.45, 2.75) is 20.4 Å². The largest absolute Gasteiger partial charge is 0.364 e. The SMILES string of the molecule is Cc1cnc(CNc2ncnc(NN)c2C)cn1. The lowest BCUT2D eigenvalue weighted by atomic mass is 10.3. The zero-order valence-corrected chi connectivity index (χ0v) is 10.3. The molecule has 2 heterocycles. The summed E-state index contributed by atoms with van der Waals surface area (Å²) in [5, 5.41) is 3.17. The fraction of sp³-hybridized carbons (Fsp3) is 0.273. The van der Waals surface area contributed by atoms with Crippen LogP contribution < -0.4 is 16.6 Å². The van der Waals surface area contributed by atoms with Crippen molar-refractivity contribution in [3.8, 4) is 0 Å². The predicted molar refractivity (Wildman–Crippen MR) is 68.7 cm³/mol. The van der Waals surface area contributed by atoms with Gasteiger partial charge in [-0.2, -0.15) is 0 Å². The van der Waals surface area contributed by atoms with Crippen molar-refractivity contribution in [2.24, 2.45) is 5.84 Å². The molecular weight excluding hydrogens is 230 g/mol. The number of nitrogens with one attached hydrogen (secondary N) is 2. The van der Waals surface area contributed by atoms with E-state index in [9.17, 15) is 0 Å². The van der Waals surface area contributed by atoms with Crippen molar-refractivity contribution < 1.29 is 0 Å². The maximum Gasteiger partial charge on any atom is 0.148 e. The van der Waals surface area contributed by atoms with Crippen molar-refractivity contribution in [1.82, 2.24) is 19.9 Å². The summed E-state index contributed by atoms with van der Waals surface area (Å²) >= 11 is 0. The molecule has 7 nitrogen and oxygen atoms in total. The van der Waals surface area contributed by atoms with Gasteiger partial charge in [0.05, 0.1) is 24.1 Å². The van der Waals surface area contributed by atoms with Crippen LogP contribution >= 0.6 is 0 Å². The van der Waals surface area contributed by atoms with E-state index in [1.54, 1.807) is 12.4 Å². The molecule has 4 N–H and O–H groups in total. The molecule has 0 aromatic carbocycles. The van der Waals surface area contributed by atoms with E-state index in [0.29, 0.717) is 12.4 Å². The zero-order valence-electron chi connectivity index (χ0n) is 10.3. The molecule has 0 unspecified atom stereocenters. The predicted octanol–water partition coefficient (Wildman–Crippen LogP) is 0.781. The molecule has 0 atom stereocenters. The van der Waals surface area contributed by atoms with Crippen LogP contribution in [0.25, 0.3) is 0 Å². The highest BCUT2D eigenvalue weighted by Crippen LogP contribution is 2.17. The van der Waals surface area contributed by atoms with E-state index in [1.807, 2.05) is 13.8 Å². The Kier molecular flexibility index (Phi) is 3.63. The van der Waals surface area contributed by atoms with Crippen LogP contribution in [0, 0.1) is 13.8 Å². The van der Waals surface area contributed by atoms with Crippen LogP contribution in [0.1, 0.15) is 17.0 Å². The fourth-order valence-corrected chi connectivity index (χ4v) is 1.46. The summed E-state index contributed by atoms with van der Waals surface area (Å²) in [6.07, 6.45) is 4.92. The second kappa shape index (κ2) is 5.37. The van der Waals surface area contributed by atoms with Crippen LogP contribution in [0.15, 0.2) is 18.7 Å². The first-order valence-corrected chi connectivity index (χ1v) is 5.50. The quantitative estimate of drug-likeness (QED) is 0.540. The zero-order chi connectivity index (χ0) is 13.0. The number of nitrogen functional groups attached to an aromatic ring is 1. The summed E-state index contributed by atoms with van der Waals surface area (Å²) in [6.45, 7) is 4.34. The summed E-state index contributed by atoms with van der Waals surface area (Å²) in [5.74, 6) is 6.68. The molecule has 2 rings (SSSR count). The van der Waals surface area contributed by atoms with Gasteiger partial charge >= 0.3 is 0 Å². The minimum Gasteiger partial charge on any atom is -0.364 e. The van der Waals surface area contributed by atoms with E-state index in [-0.39, 0.29) is 0 Å². The Morgan fingerprint density at radius 1 is 1.06 bits per heavy atom. The molecule has 94 valence electrons. The monoisotopic (exact) mass is 245 g/mol. The van der Waals surface area contributed by atoms with Gasteiger partial charge in [0, 0.05) is 11.8 Å².